The quantitative estimate of drug-likeness (QED) is 0.290. The zero-order valence-electron chi connectivity index (χ0n) is 18.6. The van der Waals surface area contributed by atoms with Crippen molar-refractivity contribution in [2.75, 3.05) is 20.1 Å². The molecule has 0 bridgehead atoms. The molecule has 1 fully saturated rings. The summed E-state index contributed by atoms with van der Waals surface area (Å²) in [4.78, 5) is 5.91. The van der Waals surface area contributed by atoms with Crippen LogP contribution in [0.3, 0.4) is 0 Å². The summed E-state index contributed by atoms with van der Waals surface area (Å²) in [5.74, 6) is 0.546. The van der Waals surface area contributed by atoms with Gasteiger partial charge in [-0.05, 0) is 56.5 Å². The van der Waals surface area contributed by atoms with Gasteiger partial charge in [0.2, 0.25) is 0 Å². The maximum atomic E-state index is 6.84. The van der Waals surface area contributed by atoms with Gasteiger partial charge in [0.05, 0.1) is 28.5 Å². The van der Waals surface area contributed by atoms with Crippen LogP contribution in [0, 0.1) is 0 Å². The first-order valence-electron chi connectivity index (χ1n) is 11.2. The molecule has 5 rings (SSSR count). The Morgan fingerprint density at radius 3 is 2.85 bits per heavy atom. The lowest BCUT2D eigenvalue weighted by Gasteiger charge is -2.18. The number of nitrogens with one attached hydrogen (secondary N) is 2. The molecule has 1 saturated carbocycles. The Morgan fingerprint density at radius 1 is 1.21 bits per heavy atom. The van der Waals surface area contributed by atoms with E-state index in [2.05, 4.69) is 56.4 Å². The van der Waals surface area contributed by atoms with Crippen LogP contribution in [0.2, 0.25) is 10.0 Å². The third-order valence-electron chi connectivity index (χ3n) is 6.12. The number of halogens is 2. The van der Waals surface area contributed by atoms with Gasteiger partial charge in [-0.1, -0.05) is 34.5 Å². The second kappa shape index (κ2) is 9.68. The van der Waals surface area contributed by atoms with E-state index in [0.29, 0.717) is 10.9 Å². The van der Waals surface area contributed by atoms with Gasteiger partial charge in [0.15, 0.2) is 0 Å². The van der Waals surface area contributed by atoms with E-state index in [1.165, 1.54) is 23.3 Å². The molecule has 3 heterocycles. The van der Waals surface area contributed by atoms with E-state index in [1.54, 1.807) is 17.5 Å². The van der Waals surface area contributed by atoms with Crippen molar-refractivity contribution >= 4 is 45.6 Å². The number of thiophene rings is 1. The molecular formula is C24H26Cl2N6S. The summed E-state index contributed by atoms with van der Waals surface area (Å²) in [6.45, 7) is 4.80. The molecule has 4 aromatic rings. The van der Waals surface area contributed by atoms with Crippen LogP contribution in [0.15, 0.2) is 35.8 Å². The Bertz CT molecular complexity index is 1280. The van der Waals surface area contributed by atoms with E-state index in [4.69, 9.17) is 23.2 Å². The Morgan fingerprint density at radius 2 is 2.06 bits per heavy atom. The zero-order chi connectivity index (χ0) is 22.9. The summed E-state index contributed by atoms with van der Waals surface area (Å²) in [5, 5.41) is 18.9. The summed E-state index contributed by atoms with van der Waals surface area (Å²) in [6, 6.07) is 8.10. The largest absolute Gasteiger partial charge is 0.318 e. The van der Waals surface area contributed by atoms with Crippen molar-refractivity contribution in [1.82, 2.24) is 30.6 Å². The van der Waals surface area contributed by atoms with Crippen LogP contribution in [-0.2, 0) is 6.54 Å². The van der Waals surface area contributed by atoms with Gasteiger partial charge in [0.25, 0.3) is 0 Å². The summed E-state index contributed by atoms with van der Waals surface area (Å²) in [6.07, 6.45) is 4.15. The normalized spacial score (nSPS) is 14.8. The van der Waals surface area contributed by atoms with Gasteiger partial charge < -0.3 is 10.6 Å². The number of likely N-dealkylation sites (N-methyl/N-ethyl adjacent to an activating group) is 1. The van der Waals surface area contributed by atoms with Crippen molar-refractivity contribution in [1.29, 1.82) is 0 Å². The van der Waals surface area contributed by atoms with Crippen molar-refractivity contribution in [3.05, 3.63) is 61.9 Å². The van der Waals surface area contributed by atoms with Gasteiger partial charge in [-0.3, -0.25) is 4.98 Å². The Labute approximate surface area is 207 Å². The Balaban J connectivity index is 1.45. The van der Waals surface area contributed by atoms with Gasteiger partial charge in [0, 0.05) is 46.0 Å². The highest BCUT2D eigenvalue weighted by Crippen LogP contribution is 2.47. The Hall–Kier alpha value is -2.03. The highest BCUT2D eigenvalue weighted by Gasteiger charge is 2.29. The van der Waals surface area contributed by atoms with E-state index < -0.39 is 0 Å². The highest BCUT2D eigenvalue weighted by atomic mass is 35.5. The van der Waals surface area contributed by atoms with Crippen molar-refractivity contribution < 1.29 is 0 Å². The molecule has 1 atom stereocenters. The second-order valence-corrected chi connectivity index (χ2v) is 10.3. The zero-order valence-corrected chi connectivity index (χ0v) is 20.9. The molecule has 6 nitrogen and oxygen atoms in total. The van der Waals surface area contributed by atoms with Gasteiger partial charge >= 0.3 is 0 Å². The number of hydrogen-bond acceptors (Lipinski definition) is 6. The molecule has 0 amide bonds. The minimum atomic E-state index is -0.154. The molecule has 0 unspecified atom stereocenters. The van der Waals surface area contributed by atoms with Crippen LogP contribution in [0.1, 0.15) is 47.7 Å². The van der Waals surface area contributed by atoms with Crippen LogP contribution in [0.4, 0.5) is 0 Å². The maximum Gasteiger partial charge on any atom is 0.131 e. The number of benzene rings is 1. The number of aromatic nitrogens is 4. The van der Waals surface area contributed by atoms with E-state index >= 15 is 0 Å². The van der Waals surface area contributed by atoms with Crippen LogP contribution >= 0.6 is 34.5 Å². The highest BCUT2D eigenvalue weighted by molar-refractivity contribution is 7.10. The van der Waals surface area contributed by atoms with Crippen molar-refractivity contribution in [2.24, 2.45) is 0 Å². The minimum Gasteiger partial charge on any atom is -0.318 e. The molecule has 0 saturated heterocycles. The number of fused-ring (bicyclic) bond motifs is 1. The minimum absolute atomic E-state index is 0.154. The molecule has 3 aromatic heterocycles. The summed E-state index contributed by atoms with van der Waals surface area (Å²) < 4.78 is 1.90. The van der Waals surface area contributed by atoms with E-state index in [9.17, 15) is 0 Å². The van der Waals surface area contributed by atoms with Gasteiger partial charge in [-0.15, -0.1) is 16.4 Å². The fraction of sp³-hybridized carbons (Fsp3) is 0.375. The van der Waals surface area contributed by atoms with Crippen LogP contribution in [0.5, 0.6) is 0 Å². The van der Waals surface area contributed by atoms with Gasteiger partial charge in [0.1, 0.15) is 5.52 Å². The third-order valence-corrected chi connectivity index (χ3v) is 7.80. The molecule has 0 radical (unpaired) electrons. The molecule has 0 aliphatic heterocycles. The molecule has 1 aromatic carbocycles. The molecule has 1 aliphatic carbocycles. The average molecular weight is 501 g/mol. The predicted octanol–water partition coefficient (Wildman–Crippen LogP) is 5.66. The number of nitrogens with zero attached hydrogens (tertiary/aromatic N) is 4. The molecule has 1 aliphatic rings. The SMILES string of the molecule is CNCCNCc1cc(-c2cc3c(cn2)nnn3[C@H](C)c2c(Cl)ccc(C3CC3)c2Cl)cs1. The number of hydrogen-bond donors (Lipinski definition) is 2. The van der Waals surface area contributed by atoms with Crippen molar-refractivity contribution in [2.45, 2.75) is 38.3 Å². The summed E-state index contributed by atoms with van der Waals surface area (Å²) in [5.41, 5.74) is 5.75. The monoisotopic (exact) mass is 500 g/mol. The summed E-state index contributed by atoms with van der Waals surface area (Å²) in [7, 11) is 1.96. The van der Waals surface area contributed by atoms with Gasteiger partial charge in [-0.2, -0.15) is 0 Å². The Kier molecular flexibility index (Phi) is 6.67. The van der Waals surface area contributed by atoms with Crippen LogP contribution in [0.25, 0.3) is 22.3 Å². The number of pyridine rings is 1. The lowest BCUT2D eigenvalue weighted by Crippen LogP contribution is -2.24. The standard InChI is InChI=1S/C24H26Cl2N6S/c1-14(23-19(25)6-5-18(24(23)26)15-3-4-15)32-22-10-20(29-12-21(22)30-31-32)16-9-17(33-13-16)11-28-8-7-27-2/h5-6,9-10,12-15,27-28H,3-4,7-8,11H2,1-2H3/t14-/m1/s1. The smallest absolute Gasteiger partial charge is 0.131 e. The van der Waals surface area contributed by atoms with Crippen LogP contribution in [-0.4, -0.2) is 40.1 Å². The fourth-order valence-electron chi connectivity index (χ4n) is 4.12. The molecule has 33 heavy (non-hydrogen) atoms. The second-order valence-electron chi connectivity index (χ2n) is 8.49. The first-order valence-corrected chi connectivity index (χ1v) is 12.8. The average Bonchev–Trinajstić information content (AvgIpc) is 3.38. The molecule has 172 valence electrons. The molecule has 0 spiro atoms. The van der Waals surface area contributed by atoms with Crippen molar-refractivity contribution in [3.63, 3.8) is 0 Å². The third kappa shape index (κ3) is 4.66. The lowest BCUT2D eigenvalue weighted by atomic mass is 10.0. The predicted molar refractivity (Wildman–Crippen MR) is 137 cm³/mol. The maximum absolute atomic E-state index is 6.84. The summed E-state index contributed by atoms with van der Waals surface area (Å²) >= 11 is 15.2. The molecule has 9 heteroatoms. The van der Waals surface area contributed by atoms with Crippen molar-refractivity contribution in [3.8, 4) is 11.3 Å². The van der Waals surface area contributed by atoms with E-state index in [0.717, 1.165) is 52.5 Å². The van der Waals surface area contributed by atoms with E-state index in [-0.39, 0.29) is 6.04 Å². The first kappa shape index (κ1) is 22.7. The molecular weight excluding hydrogens is 475 g/mol. The fourth-order valence-corrected chi connectivity index (χ4v) is 5.81. The van der Waals surface area contributed by atoms with Gasteiger partial charge in [-0.25, -0.2) is 4.68 Å². The topological polar surface area (TPSA) is 67.7 Å². The number of rotatable bonds is 9. The lowest BCUT2D eigenvalue weighted by molar-refractivity contribution is 0.560. The van der Waals surface area contributed by atoms with Crippen LogP contribution < -0.4 is 10.6 Å². The molecule has 2 N–H and O–H groups in total. The first-order chi connectivity index (χ1) is 16.1. The van der Waals surface area contributed by atoms with E-state index in [1.807, 2.05) is 17.8 Å².